The highest BCUT2D eigenvalue weighted by Gasteiger charge is 2.21. The number of halogens is 1. The van der Waals surface area contributed by atoms with Crippen LogP contribution in [0.4, 0.5) is 5.82 Å². The molecular formula is C15H24ClN3O. The van der Waals surface area contributed by atoms with Crippen molar-refractivity contribution in [1.29, 1.82) is 0 Å². The lowest BCUT2D eigenvalue weighted by atomic mass is 9.98. The molecule has 1 saturated heterocycles. The number of anilines is 1. The molecule has 0 amide bonds. The Hall–Kier alpha value is -0.840. The minimum atomic E-state index is 0.669. The minimum absolute atomic E-state index is 0.669. The zero-order valence-electron chi connectivity index (χ0n) is 12.4. The van der Waals surface area contributed by atoms with Crippen molar-refractivity contribution in [2.45, 2.75) is 26.3 Å². The van der Waals surface area contributed by atoms with E-state index in [1.54, 1.807) is 7.11 Å². The molecule has 2 heterocycles. The maximum absolute atomic E-state index is 6.38. The van der Waals surface area contributed by atoms with Crippen LogP contribution in [0.15, 0.2) is 12.3 Å². The van der Waals surface area contributed by atoms with Crippen LogP contribution < -0.4 is 10.2 Å². The summed E-state index contributed by atoms with van der Waals surface area (Å²) in [6.45, 7) is 6.73. The van der Waals surface area contributed by atoms with Crippen molar-refractivity contribution in [3.8, 4) is 0 Å². The van der Waals surface area contributed by atoms with Crippen LogP contribution in [0.25, 0.3) is 0 Å². The smallest absolute Gasteiger partial charge is 0.147 e. The zero-order valence-corrected chi connectivity index (χ0v) is 13.1. The minimum Gasteiger partial charge on any atom is -0.384 e. The summed E-state index contributed by atoms with van der Waals surface area (Å²) in [4.78, 5) is 6.83. The third kappa shape index (κ3) is 4.08. The lowest BCUT2D eigenvalue weighted by Crippen LogP contribution is -2.35. The number of ether oxygens (including phenoxy) is 1. The van der Waals surface area contributed by atoms with Gasteiger partial charge in [-0.3, -0.25) is 0 Å². The second-order valence-corrected chi connectivity index (χ2v) is 5.72. The number of hydrogen-bond acceptors (Lipinski definition) is 4. The number of nitrogens with one attached hydrogen (secondary N) is 1. The molecule has 1 aromatic heterocycles. The summed E-state index contributed by atoms with van der Waals surface area (Å²) in [5.41, 5.74) is 1.13. The summed E-state index contributed by atoms with van der Waals surface area (Å²) in [6, 6.07) is 2.02. The van der Waals surface area contributed by atoms with Crippen LogP contribution in [0.5, 0.6) is 0 Å². The molecule has 1 fully saturated rings. The van der Waals surface area contributed by atoms with E-state index in [0.717, 1.165) is 62.0 Å². The summed E-state index contributed by atoms with van der Waals surface area (Å²) >= 11 is 6.38. The number of piperidine rings is 1. The van der Waals surface area contributed by atoms with Crippen LogP contribution >= 0.6 is 11.6 Å². The molecule has 1 aliphatic heterocycles. The van der Waals surface area contributed by atoms with Crippen molar-refractivity contribution in [3.05, 3.63) is 22.8 Å². The Morgan fingerprint density at radius 3 is 2.80 bits per heavy atom. The molecular weight excluding hydrogens is 274 g/mol. The van der Waals surface area contributed by atoms with Gasteiger partial charge in [0.1, 0.15) is 5.82 Å². The van der Waals surface area contributed by atoms with Crippen molar-refractivity contribution >= 4 is 17.4 Å². The van der Waals surface area contributed by atoms with Crippen LogP contribution in [0.3, 0.4) is 0 Å². The Bertz CT molecular complexity index is 420. The first-order valence-corrected chi connectivity index (χ1v) is 7.71. The van der Waals surface area contributed by atoms with E-state index in [0.29, 0.717) is 5.92 Å². The number of methoxy groups -OCH3 is 1. The van der Waals surface area contributed by atoms with Gasteiger partial charge in [0, 0.05) is 39.5 Å². The van der Waals surface area contributed by atoms with Gasteiger partial charge in [-0.25, -0.2) is 4.98 Å². The van der Waals surface area contributed by atoms with Crippen molar-refractivity contribution in [2.75, 3.05) is 38.3 Å². The molecule has 112 valence electrons. The average molecular weight is 298 g/mol. The van der Waals surface area contributed by atoms with Crippen molar-refractivity contribution < 1.29 is 4.74 Å². The van der Waals surface area contributed by atoms with E-state index in [2.05, 4.69) is 22.1 Å². The molecule has 0 aliphatic carbocycles. The van der Waals surface area contributed by atoms with Gasteiger partial charge < -0.3 is 15.0 Å². The van der Waals surface area contributed by atoms with Gasteiger partial charge in [-0.1, -0.05) is 18.5 Å². The lowest BCUT2D eigenvalue weighted by Gasteiger charge is -2.33. The summed E-state index contributed by atoms with van der Waals surface area (Å²) in [6.07, 6.45) is 4.21. The second kappa shape index (κ2) is 7.81. The predicted molar refractivity (Wildman–Crippen MR) is 83.4 cm³/mol. The highest BCUT2D eigenvalue weighted by Crippen LogP contribution is 2.28. The van der Waals surface area contributed by atoms with E-state index < -0.39 is 0 Å². The Labute approximate surface area is 126 Å². The Morgan fingerprint density at radius 2 is 2.20 bits per heavy atom. The van der Waals surface area contributed by atoms with Gasteiger partial charge in [0.25, 0.3) is 0 Å². The molecule has 1 aromatic rings. The number of aromatic nitrogens is 1. The quantitative estimate of drug-likeness (QED) is 0.876. The summed E-state index contributed by atoms with van der Waals surface area (Å²) < 4.78 is 5.23. The highest BCUT2D eigenvalue weighted by molar-refractivity contribution is 6.33. The van der Waals surface area contributed by atoms with Crippen molar-refractivity contribution in [2.24, 2.45) is 5.92 Å². The van der Waals surface area contributed by atoms with E-state index in [1.165, 1.54) is 0 Å². The van der Waals surface area contributed by atoms with E-state index in [1.807, 2.05) is 12.3 Å². The molecule has 1 N–H and O–H groups in total. The number of rotatable bonds is 6. The molecule has 0 saturated carbocycles. The van der Waals surface area contributed by atoms with Gasteiger partial charge in [-0.05, 0) is 36.9 Å². The molecule has 0 radical (unpaired) electrons. The van der Waals surface area contributed by atoms with Gasteiger partial charge in [-0.2, -0.15) is 0 Å². The molecule has 0 aromatic carbocycles. The van der Waals surface area contributed by atoms with Crippen LogP contribution in [-0.4, -0.2) is 38.3 Å². The molecule has 4 nitrogen and oxygen atoms in total. The fourth-order valence-corrected chi connectivity index (χ4v) is 2.92. The van der Waals surface area contributed by atoms with E-state index in [-0.39, 0.29) is 0 Å². The van der Waals surface area contributed by atoms with E-state index >= 15 is 0 Å². The van der Waals surface area contributed by atoms with Crippen molar-refractivity contribution in [1.82, 2.24) is 10.3 Å². The predicted octanol–water partition coefficient (Wildman–Crippen LogP) is 2.71. The molecule has 0 unspecified atom stereocenters. The van der Waals surface area contributed by atoms with Crippen LogP contribution in [-0.2, 0) is 11.3 Å². The number of pyridine rings is 1. The summed E-state index contributed by atoms with van der Waals surface area (Å²) in [5, 5.41) is 4.04. The van der Waals surface area contributed by atoms with Crippen LogP contribution in [0, 0.1) is 5.92 Å². The van der Waals surface area contributed by atoms with Crippen LogP contribution in [0.1, 0.15) is 25.3 Å². The molecule has 20 heavy (non-hydrogen) atoms. The topological polar surface area (TPSA) is 37.4 Å². The largest absolute Gasteiger partial charge is 0.384 e. The standard InChI is InChI=1S/C15H24ClN3O/c1-3-17-9-13-8-14(16)15(18-10-13)19-6-4-12(5-7-19)11-20-2/h8,10,12,17H,3-7,9,11H2,1-2H3. The number of nitrogens with zero attached hydrogens (tertiary/aromatic N) is 2. The van der Waals surface area contributed by atoms with Gasteiger partial charge in [0.15, 0.2) is 0 Å². The first-order valence-electron chi connectivity index (χ1n) is 7.33. The molecule has 0 bridgehead atoms. The Kier molecular flexibility index (Phi) is 6.07. The molecule has 5 heteroatoms. The summed E-state index contributed by atoms with van der Waals surface area (Å²) in [7, 11) is 1.77. The van der Waals surface area contributed by atoms with Crippen LogP contribution in [0.2, 0.25) is 5.02 Å². The first kappa shape index (κ1) is 15.5. The Morgan fingerprint density at radius 1 is 1.45 bits per heavy atom. The van der Waals surface area contributed by atoms with Gasteiger partial charge >= 0.3 is 0 Å². The fourth-order valence-electron chi connectivity index (χ4n) is 2.62. The number of hydrogen-bond donors (Lipinski definition) is 1. The van der Waals surface area contributed by atoms with Gasteiger partial charge in [-0.15, -0.1) is 0 Å². The monoisotopic (exact) mass is 297 g/mol. The average Bonchev–Trinajstić information content (AvgIpc) is 2.47. The first-order chi connectivity index (χ1) is 9.74. The molecule has 1 aliphatic rings. The molecule has 0 spiro atoms. The van der Waals surface area contributed by atoms with E-state index in [9.17, 15) is 0 Å². The summed E-state index contributed by atoms with van der Waals surface area (Å²) in [5.74, 6) is 1.59. The zero-order chi connectivity index (χ0) is 14.4. The maximum Gasteiger partial charge on any atom is 0.147 e. The van der Waals surface area contributed by atoms with Gasteiger partial charge in [0.2, 0.25) is 0 Å². The van der Waals surface area contributed by atoms with Crippen molar-refractivity contribution in [3.63, 3.8) is 0 Å². The maximum atomic E-state index is 6.38. The molecule has 0 atom stereocenters. The normalized spacial score (nSPS) is 16.6. The third-order valence-corrected chi connectivity index (χ3v) is 4.05. The Balaban J connectivity index is 1.96. The SMILES string of the molecule is CCNCc1cnc(N2CCC(COC)CC2)c(Cl)c1. The fraction of sp³-hybridized carbons (Fsp3) is 0.667. The molecule has 2 rings (SSSR count). The second-order valence-electron chi connectivity index (χ2n) is 5.32. The van der Waals surface area contributed by atoms with Gasteiger partial charge in [0.05, 0.1) is 5.02 Å². The highest BCUT2D eigenvalue weighted by atomic mass is 35.5. The third-order valence-electron chi connectivity index (χ3n) is 3.77. The van der Waals surface area contributed by atoms with E-state index in [4.69, 9.17) is 16.3 Å². The lowest BCUT2D eigenvalue weighted by molar-refractivity contribution is 0.139.